The summed E-state index contributed by atoms with van der Waals surface area (Å²) in [5.74, 6) is 0.801. The first-order chi connectivity index (χ1) is 14.2. The third-order valence-electron chi connectivity index (χ3n) is 5.55. The standard InChI is InChI=1S/C23H23N3O2S/c1-15(20-13-16-7-2-4-10-19(16)28-20)24-22(27)14-26-12-6-9-18(26)23-25-17-8-3-5-11-21(17)29-23/h2-5,7-8,10-11,13,15,18H,6,9,12,14H2,1H3,(H,24,27). The second-order valence-electron chi connectivity index (χ2n) is 7.62. The van der Waals surface area contributed by atoms with Gasteiger partial charge in [0.25, 0.3) is 0 Å². The van der Waals surface area contributed by atoms with E-state index >= 15 is 0 Å². The first kappa shape index (κ1) is 18.3. The zero-order valence-corrected chi connectivity index (χ0v) is 17.1. The van der Waals surface area contributed by atoms with Crippen molar-refractivity contribution in [1.29, 1.82) is 0 Å². The Kier molecular flexibility index (Phi) is 4.81. The van der Waals surface area contributed by atoms with Crippen molar-refractivity contribution < 1.29 is 9.21 Å². The van der Waals surface area contributed by atoms with Gasteiger partial charge < -0.3 is 9.73 Å². The van der Waals surface area contributed by atoms with Crippen molar-refractivity contribution in [2.75, 3.05) is 13.1 Å². The first-order valence-corrected chi connectivity index (χ1v) is 10.9. The third-order valence-corrected chi connectivity index (χ3v) is 6.69. The Hall–Kier alpha value is -2.70. The van der Waals surface area contributed by atoms with Gasteiger partial charge in [0.1, 0.15) is 16.4 Å². The van der Waals surface area contributed by atoms with Gasteiger partial charge in [0.05, 0.1) is 28.8 Å². The Balaban J connectivity index is 1.26. The molecule has 0 aliphatic carbocycles. The highest BCUT2D eigenvalue weighted by Crippen LogP contribution is 2.36. The first-order valence-electron chi connectivity index (χ1n) is 10.0. The van der Waals surface area contributed by atoms with E-state index in [1.807, 2.05) is 49.4 Å². The maximum absolute atomic E-state index is 12.7. The van der Waals surface area contributed by atoms with Crippen LogP contribution in [-0.2, 0) is 4.79 Å². The molecule has 2 aromatic heterocycles. The molecule has 29 heavy (non-hydrogen) atoms. The summed E-state index contributed by atoms with van der Waals surface area (Å²) in [5.41, 5.74) is 1.89. The fraction of sp³-hybridized carbons (Fsp3) is 0.304. The lowest BCUT2D eigenvalue weighted by Crippen LogP contribution is -2.37. The lowest BCUT2D eigenvalue weighted by molar-refractivity contribution is -0.123. The number of benzene rings is 2. The molecule has 3 heterocycles. The lowest BCUT2D eigenvalue weighted by atomic mass is 10.2. The van der Waals surface area contributed by atoms with Crippen LogP contribution < -0.4 is 5.32 Å². The number of carbonyl (C=O) groups is 1. The van der Waals surface area contributed by atoms with Gasteiger partial charge in [0.15, 0.2) is 0 Å². The van der Waals surface area contributed by atoms with E-state index in [4.69, 9.17) is 9.40 Å². The van der Waals surface area contributed by atoms with Crippen LogP contribution in [0.15, 0.2) is 59.0 Å². The minimum atomic E-state index is -0.168. The SMILES string of the molecule is CC(NC(=O)CN1CCCC1c1nc2ccccc2s1)c1cc2ccccc2o1. The highest BCUT2D eigenvalue weighted by atomic mass is 32.1. The molecule has 0 radical (unpaired) electrons. The Morgan fingerprint density at radius 3 is 2.97 bits per heavy atom. The number of furan rings is 1. The fourth-order valence-electron chi connectivity index (χ4n) is 4.09. The molecule has 148 valence electrons. The molecule has 5 nitrogen and oxygen atoms in total. The monoisotopic (exact) mass is 405 g/mol. The van der Waals surface area contributed by atoms with Crippen molar-refractivity contribution in [3.8, 4) is 0 Å². The Morgan fingerprint density at radius 2 is 2.10 bits per heavy atom. The fourth-order valence-corrected chi connectivity index (χ4v) is 5.22. The molecule has 1 N–H and O–H groups in total. The summed E-state index contributed by atoms with van der Waals surface area (Å²) in [4.78, 5) is 19.8. The Morgan fingerprint density at radius 1 is 1.28 bits per heavy atom. The Labute approximate surface area is 173 Å². The number of aromatic nitrogens is 1. The van der Waals surface area contributed by atoms with E-state index in [1.165, 1.54) is 4.70 Å². The molecule has 0 saturated carbocycles. The van der Waals surface area contributed by atoms with Crippen molar-refractivity contribution >= 4 is 38.4 Å². The van der Waals surface area contributed by atoms with E-state index in [0.717, 1.165) is 46.6 Å². The van der Waals surface area contributed by atoms with Crippen LogP contribution in [0, 0.1) is 0 Å². The molecular formula is C23H23N3O2S. The molecule has 1 aliphatic rings. The van der Waals surface area contributed by atoms with Gasteiger partial charge in [0, 0.05) is 5.39 Å². The predicted molar refractivity (Wildman–Crippen MR) is 116 cm³/mol. The molecule has 5 rings (SSSR count). The summed E-state index contributed by atoms with van der Waals surface area (Å²) in [6.45, 7) is 3.27. The summed E-state index contributed by atoms with van der Waals surface area (Å²) in [5, 5.41) is 5.26. The molecule has 2 unspecified atom stereocenters. The van der Waals surface area contributed by atoms with Crippen molar-refractivity contribution in [1.82, 2.24) is 15.2 Å². The predicted octanol–water partition coefficient (Wildman–Crippen LogP) is 5.06. The minimum Gasteiger partial charge on any atom is -0.459 e. The van der Waals surface area contributed by atoms with Crippen LogP contribution in [0.2, 0.25) is 0 Å². The van der Waals surface area contributed by atoms with Gasteiger partial charge in [-0.15, -0.1) is 11.3 Å². The van der Waals surface area contributed by atoms with Gasteiger partial charge in [0.2, 0.25) is 5.91 Å². The zero-order chi connectivity index (χ0) is 19.8. The maximum Gasteiger partial charge on any atom is 0.234 e. The zero-order valence-electron chi connectivity index (χ0n) is 16.3. The van der Waals surface area contributed by atoms with Gasteiger partial charge in [-0.1, -0.05) is 30.3 Å². The number of thiazole rings is 1. The van der Waals surface area contributed by atoms with Crippen LogP contribution in [0.3, 0.4) is 0 Å². The number of hydrogen-bond donors (Lipinski definition) is 1. The lowest BCUT2D eigenvalue weighted by Gasteiger charge is -2.23. The van der Waals surface area contributed by atoms with E-state index in [9.17, 15) is 4.79 Å². The van der Waals surface area contributed by atoms with Crippen LogP contribution in [0.25, 0.3) is 21.2 Å². The van der Waals surface area contributed by atoms with Crippen molar-refractivity contribution in [3.63, 3.8) is 0 Å². The number of carbonyl (C=O) groups excluding carboxylic acids is 1. The summed E-state index contributed by atoms with van der Waals surface area (Å²) in [7, 11) is 0. The number of rotatable bonds is 5. The Bertz CT molecular complexity index is 1100. The number of nitrogens with one attached hydrogen (secondary N) is 1. The largest absolute Gasteiger partial charge is 0.459 e. The number of para-hydroxylation sites is 2. The number of amides is 1. The van der Waals surface area contributed by atoms with Crippen molar-refractivity contribution in [2.24, 2.45) is 0 Å². The number of likely N-dealkylation sites (tertiary alicyclic amines) is 1. The smallest absolute Gasteiger partial charge is 0.234 e. The highest BCUT2D eigenvalue weighted by molar-refractivity contribution is 7.18. The molecule has 4 aromatic rings. The van der Waals surface area contributed by atoms with E-state index in [1.54, 1.807) is 11.3 Å². The molecule has 1 fully saturated rings. The maximum atomic E-state index is 12.7. The highest BCUT2D eigenvalue weighted by Gasteiger charge is 2.30. The average molecular weight is 406 g/mol. The molecule has 1 aliphatic heterocycles. The van der Waals surface area contributed by atoms with Crippen LogP contribution in [0.1, 0.15) is 42.6 Å². The topological polar surface area (TPSA) is 58.4 Å². The summed E-state index contributed by atoms with van der Waals surface area (Å²) in [6, 6.07) is 18.2. The van der Waals surface area contributed by atoms with Gasteiger partial charge in [-0.25, -0.2) is 4.98 Å². The van der Waals surface area contributed by atoms with Crippen molar-refractivity contribution in [2.45, 2.75) is 31.8 Å². The second kappa shape index (κ2) is 7.61. The number of fused-ring (bicyclic) bond motifs is 2. The van der Waals surface area contributed by atoms with Gasteiger partial charge in [-0.3, -0.25) is 9.69 Å². The minimum absolute atomic E-state index is 0.0194. The quantitative estimate of drug-likeness (QED) is 0.504. The van der Waals surface area contributed by atoms with Gasteiger partial charge in [-0.05, 0) is 50.6 Å². The number of hydrogen-bond acceptors (Lipinski definition) is 5. The van der Waals surface area contributed by atoms with Crippen LogP contribution in [-0.4, -0.2) is 28.9 Å². The molecule has 1 saturated heterocycles. The summed E-state index contributed by atoms with van der Waals surface area (Å²) >= 11 is 1.74. The van der Waals surface area contributed by atoms with Crippen LogP contribution in [0.5, 0.6) is 0 Å². The molecule has 6 heteroatoms. The molecule has 0 bridgehead atoms. The number of nitrogens with zero attached hydrogens (tertiary/aromatic N) is 2. The normalized spacial score (nSPS) is 18.4. The summed E-state index contributed by atoms with van der Waals surface area (Å²) in [6.07, 6.45) is 2.14. The van der Waals surface area contributed by atoms with Gasteiger partial charge >= 0.3 is 0 Å². The van der Waals surface area contributed by atoms with Crippen LogP contribution >= 0.6 is 11.3 Å². The van der Waals surface area contributed by atoms with E-state index in [0.29, 0.717) is 6.54 Å². The molecule has 1 amide bonds. The van der Waals surface area contributed by atoms with E-state index in [2.05, 4.69) is 22.3 Å². The van der Waals surface area contributed by atoms with Gasteiger partial charge in [-0.2, -0.15) is 0 Å². The van der Waals surface area contributed by atoms with E-state index in [-0.39, 0.29) is 18.0 Å². The second-order valence-corrected chi connectivity index (χ2v) is 8.69. The molecule has 0 spiro atoms. The van der Waals surface area contributed by atoms with Crippen LogP contribution in [0.4, 0.5) is 0 Å². The van der Waals surface area contributed by atoms with E-state index < -0.39 is 0 Å². The molecular weight excluding hydrogens is 382 g/mol. The van der Waals surface area contributed by atoms with Crippen molar-refractivity contribution in [3.05, 3.63) is 65.4 Å². The third kappa shape index (κ3) is 3.66. The molecule has 2 aromatic carbocycles. The summed E-state index contributed by atoms with van der Waals surface area (Å²) < 4.78 is 7.09. The average Bonchev–Trinajstić information content (AvgIpc) is 3.44. The molecule has 2 atom stereocenters.